The molecule has 3 heteroatoms. The lowest BCUT2D eigenvalue weighted by atomic mass is 9.90. The van der Waals surface area contributed by atoms with Crippen molar-refractivity contribution in [3.63, 3.8) is 0 Å². The Hall–Kier alpha value is -2.26. The standard InChI is InChI=1S/C18H18O3/c1-12-7-9-16(20-12)18(17-10-8-13(2)21-17)15-6-4-3-5-14(15)11-19/h3-10,18-19H,11H2,1-2H3. The molecule has 3 nitrogen and oxygen atoms in total. The number of rotatable bonds is 4. The lowest BCUT2D eigenvalue weighted by Crippen LogP contribution is -2.05. The molecule has 0 aliphatic rings. The highest BCUT2D eigenvalue weighted by Crippen LogP contribution is 2.35. The van der Waals surface area contributed by atoms with Crippen molar-refractivity contribution in [1.29, 1.82) is 0 Å². The monoisotopic (exact) mass is 282 g/mol. The molecule has 1 aromatic carbocycles. The van der Waals surface area contributed by atoms with Crippen LogP contribution in [0.3, 0.4) is 0 Å². The van der Waals surface area contributed by atoms with Gasteiger partial charge in [-0.1, -0.05) is 24.3 Å². The Morgan fingerprint density at radius 1 is 0.857 bits per heavy atom. The second kappa shape index (κ2) is 5.62. The number of aliphatic hydroxyl groups excluding tert-OH is 1. The van der Waals surface area contributed by atoms with Gasteiger partial charge in [0.1, 0.15) is 29.0 Å². The summed E-state index contributed by atoms with van der Waals surface area (Å²) >= 11 is 0. The largest absolute Gasteiger partial charge is 0.465 e. The van der Waals surface area contributed by atoms with E-state index in [0.29, 0.717) is 0 Å². The van der Waals surface area contributed by atoms with Crippen LogP contribution in [-0.2, 0) is 6.61 Å². The molecule has 0 amide bonds. The second-order valence-corrected chi connectivity index (χ2v) is 5.19. The zero-order valence-electron chi connectivity index (χ0n) is 12.2. The molecular weight excluding hydrogens is 264 g/mol. The van der Waals surface area contributed by atoms with Gasteiger partial charge < -0.3 is 13.9 Å². The van der Waals surface area contributed by atoms with E-state index < -0.39 is 0 Å². The Morgan fingerprint density at radius 2 is 1.43 bits per heavy atom. The Labute approximate surface area is 123 Å². The van der Waals surface area contributed by atoms with Crippen LogP contribution in [0, 0.1) is 13.8 Å². The fraction of sp³-hybridized carbons (Fsp3) is 0.222. The van der Waals surface area contributed by atoms with Gasteiger partial charge in [0.2, 0.25) is 0 Å². The van der Waals surface area contributed by atoms with E-state index in [-0.39, 0.29) is 12.5 Å². The van der Waals surface area contributed by atoms with Crippen LogP contribution in [0.25, 0.3) is 0 Å². The molecule has 3 rings (SSSR count). The van der Waals surface area contributed by atoms with Gasteiger partial charge >= 0.3 is 0 Å². The molecular formula is C18H18O3. The molecule has 1 N–H and O–H groups in total. The molecule has 0 spiro atoms. The summed E-state index contributed by atoms with van der Waals surface area (Å²) in [6, 6.07) is 15.6. The highest BCUT2D eigenvalue weighted by atomic mass is 16.4. The smallest absolute Gasteiger partial charge is 0.119 e. The van der Waals surface area contributed by atoms with Crippen LogP contribution in [0.1, 0.15) is 40.1 Å². The van der Waals surface area contributed by atoms with Crippen molar-refractivity contribution in [2.75, 3.05) is 0 Å². The molecule has 108 valence electrons. The lowest BCUT2D eigenvalue weighted by Gasteiger charge is -2.16. The molecule has 2 aromatic heterocycles. The fourth-order valence-corrected chi connectivity index (χ4v) is 2.62. The summed E-state index contributed by atoms with van der Waals surface area (Å²) in [5.41, 5.74) is 1.88. The maximum Gasteiger partial charge on any atom is 0.119 e. The number of hydrogen-bond donors (Lipinski definition) is 1. The molecule has 0 saturated heterocycles. The quantitative estimate of drug-likeness (QED) is 0.781. The minimum absolute atomic E-state index is 0.00788. The van der Waals surface area contributed by atoms with Crippen LogP contribution in [0.5, 0.6) is 0 Å². The van der Waals surface area contributed by atoms with E-state index in [9.17, 15) is 5.11 Å². The molecule has 0 atom stereocenters. The van der Waals surface area contributed by atoms with Crippen molar-refractivity contribution in [3.05, 3.63) is 82.7 Å². The number of furan rings is 2. The lowest BCUT2D eigenvalue weighted by molar-refractivity contribution is 0.280. The SMILES string of the molecule is Cc1ccc(C(c2ccc(C)o2)c2ccccc2CO)o1. The first kappa shape index (κ1) is 13.7. The van der Waals surface area contributed by atoms with E-state index >= 15 is 0 Å². The normalized spacial score (nSPS) is 11.2. The van der Waals surface area contributed by atoms with Gasteiger partial charge in [0.05, 0.1) is 6.61 Å². The highest BCUT2D eigenvalue weighted by molar-refractivity contribution is 5.41. The van der Waals surface area contributed by atoms with E-state index in [1.165, 1.54) is 0 Å². The molecule has 0 aliphatic carbocycles. The minimum Gasteiger partial charge on any atom is -0.465 e. The van der Waals surface area contributed by atoms with Crippen molar-refractivity contribution < 1.29 is 13.9 Å². The van der Waals surface area contributed by atoms with Gasteiger partial charge in [-0.25, -0.2) is 0 Å². The zero-order valence-corrected chi connectivity index (χ0v) is 12.2. The van der Waals surface area contributed by atoms with Gasteiger partial charge in [-0.15, -0.1) is 0 Å². The maximum atomic E-state index is 9.61. The number of hydrogen-bond acceptors (Lipinski definition) is 3. The summed E-state index contributed by atoms with van der Waals surface area (Å²) in [7, 11) is 0. The van der Waals surface area contributed by atoms with Crippen molar-refractivity contribution in [3.8, 4) is 0 Å². The van der Waals surface area contributed by atoms with E-state index in [4.69, 9.17) is 8.83 Å². The third-order valence-corrected chi connectivity index (χ3v) is 3.63. The topological polar surface area (TPSA) is 46.5 Å². The molecule has 0 bridgehead atoms. The van der Waals surface area contributed by atoms with Gasteiger partial charge in [0.25, 0.3) is 0 Å². The first-order valence-corrected chi connectivity index (χ1v) is 7.00. The van der Waals surface area contributed by atoms with Gasteiger partial charge in [0.15, 0.2) is 0 Å². The average molecular weight is 282 g/mol. The summed E-state index contributed by atoms with van der Waals surface area (Å²) in [6.07, 6.45) is 0. The molecule has 0 fully saturated rings. The van der Waals surface area contributed by atoms with Crippen LogP contribution in [-0.4, -0.2) is 5.11 Å². The first-order chi connectivity index (χ1) is 10.2. The third kappa shape index (κ3) is 2.65. The third-order valence-electron chi connectivity index (χ3n) is 3.63. The van der Waals surface area contributed by atoms with Crippen LogP contribution in [0.15, 0.2) is 57.4 Å². The number of benzene rings is 1. The van der Waals surface area contributed by atoms with Gasteiger partial charge in [0, 0.05) is 0 Å². The minimum atomic E-state index is -0.143. The number of aryl methyl sites for hydroxylation is 2. The fourth-order valence-electron chi connectivity index (χ4n) is 2.62. The van der Waals surface area contributed by atoms with Crippen LogP contribution in [0.2, 0.25) is 0 Å². The maximum absolute atomic E-state index is 9.61. The van der Waals surface area contributed by atoms with Crippen LogP contribution in [0.4, 0.5) is 0 Å². The van der Waals surface area contributed by atoms with E-state index in [1.807, 2.05) is 62.4 Å². The Morgan fingerprint density at radius 3 is 1.90 bits per heavy atom. The summed E-state index contributed by atoms with van der Waals surface area (Å²) in [6.45, 7) is 3.84. The Kier molecular flexibility index (Phi) is 3.67. The molecule has 0 radical (unpaired) electrons. The van der Waals surface area contributed by atoms with Crippen LogP contribution < -0.4 is 0 Å². The summed E-state index contributed by atoms with van der Waals surface area (Å²) in [4.78, 5) is 0. The van der Waals surface area contributed by atoms with Crippen molar-refractivity contribution in [1.82, 2.24) is 0 Å². The summed E-state index contributed by atoms with van der Waals surface area (Å²) in [5.74, 6) is 3.22. The predicted octanol–water partition coefficient (Wildman–Crippen LogP) is 4.16. The van der Waals surface area contributed by atoms with Crippen molar-refractivity contribution >= 4 is 0 Å². The van der Waals surface area contributed by atoms with Crippen molar-refractivity contribution in [2.45, 2.75) is 26.4 Å². The summed E-state index contributed by atoms with van der Waals surface area (Å²) < 4.78 is 11.6. The van der Waals surface area contributed by atoms with Gasteiger partial charge in [-0.2, -0.15) is 0 Å². The van der Waals surface area contributed by atoms with Crippen LogP contribution >= 0.6 is 0 Å². The molecule has 0 aliphatic heterocycles. The zero-order chi connectivity index (χ0) is 14.8. The second-order valence-electron chi connectivity index (χ2n) is 5.19. The predicted molar refractivity (Wildman–Crippen MR) is 80.2 cm³/mol. The molecule has 0 saturated carbocycles. The molecule has 0 unspecified atom stereocenters. The van der Waals surface area contributed by atoms with Crippen molar-refractivity contribution in [2.24, 2.45) is 0 Å². The van der Waals surface area contributed by atoms with E-state index in [1.54, 1.807) is 0 Å². The Balaban J connectivity index is 2.16. The molecule has 3 aromatic rings. The molecule has 2 heterocycles. The Bertz CT molecular complexity index is 696. The van der Waals surface area contributed by atoms with Gasteiger partial charge in [-0.3, -0.25) is 0 Å². The molecule has 21 heavy (non-hydrogen) atoms. The van der Waals surface area contributed by atoms with E-state index in [0.717, 1.165) is 34.2 Å². The highest BCUT2D eigenvalue weighted by Gasteiger charge is 2.25. The average Bonchev–Trinajstić information content (AvgIpc) is 3.09. The van der Waals surface area contributed by atoms with Gasteiger partial charge in [-0.05, 0) is 49.2 Å². The van der Waals surface area contributed by atoms with E-state index in [2.05, 4.69) is 0 Å². The number of aliphatic hydroxyl groups is 1. The first-order valence-electron chi connectivity index (χ1n) is 7.00. The summed E-state index contributed by atoms with van der Waals surface area (Å²) in [5, 5.41) is 9.61.